The highest BCUT2D eigenvalue weighted by molar-refractivity contribution is 5.67. The van der Waals surface area contributed by atoms with Gasteiger partial charge in [0.25, 0.3) is 0 Å². The molecule has 0 saturated heterocycles. The minimum Gasteiger partial charge on any atom is -0.481 e. The molecule has 1 atom stereocenters. The molecule has 2 rings (SSSR count). The zero-order valence-corrected chi connectivity index (χ0v) is 9.89. The van der Waals surface area contributed by atoms with E-state index >= 15 is 0 Å². The third kappa shape index (κ3) is 3.15. The first-order chi connectivity index (χ1) is 8.15. The first-order valence-corrected chi connectivity index (χ1v) is 5.95. The molecule has 1 unspecified atom stereocenters. The van der Waals surface area contributed by atoms with Gasteiger partial charge in [0.1, 0.15) is 0 Å². The van der Waals surface area contributed by atoms with E-state index in [0.717, 1.165) is 0 Å². The Labute approximate surface area is 100 Å². The Balaban J connectivity index is 1.90. The topological polar surface area (TPSA) is 75.1 Å². The molecule has 0 aromatic carbocycles. The van der Waals surface area contributed by atoms with E-state index in [0.29, 0.717) is 11.9 Å². The molecule has 1 aromatic rings. The lowest BCUT2D eigenvalue weighted by molar-refractivity contribution is -0.137. The van der Waals surface area contributed by atoms with Crippen LogP contribution in [-0.2, 0) is 4.79 Å². The average molecular weight is 235 g/mol. The van der Waals surface area contributed by atoms with Crippen LogP contribution >= 0.6 is 0 Å². The summed E-state index contributed by atoms with van der Waals surface area (Å²) in [6.45, 7) is 1.80. The predicted octanol–water partition coefficient (Wildman–Crippen LogP) is 2.02. The highest BCUT2D eigenvalue weighted by Gasteiger charge is 2.20. The molecule has 92 valence electrons. The van der Waals surface area contributed by atoms with Crippen molar-refractivity contribution in [3.05, 3.63) is 18.0 Å². The summed E-state index contributed by atoms with van der Waals surface area (Å²) < 4.78 is 0. The molecule has 1 aliphatic rings. The van der Waals surface area contributed by atoms with Crippen molar-refractivity contribution in [2.45, 2.75) is 44.6 Å². The van der Waals surface area contributed by atoms with E-state index in [2.05, 4.69) is 15.3 Å². The molecular weight excluding hydrogens is 218 g/mol. The molecule has 1 saturated carbocycles. The zero-order valence-electron chi connectivity index (χ0n) is 9.89. The molecule has 5 heteroatoms. The number of hydrogen-bond acceptors (Lipinski definition) is 4. The fourth-order valence-corrected chi connectivity index (χ4v) is 1.90. The van der Waals surface area contributed by atoms with Crippen LogP contribution in [-0.4, -0.2) is 27.1 Å². The number of hydrogen-bond donors (Lipinski definition) is 2. The van der Waals surface area contributed by atoms with Gasteiger partial charge in [0, 0.05) is 18.4 Å². The van der Waals surface area contributed by atoms with Gasteiger partial charge in [-0.1, -0.05) is 6.42 Å². The van der Waals surface area contributed by atoms with E-state index in [1.807, 2.05) is 12.4 Å². The molecule has 1 aliphatic carbocycles. The van der Waals surface area contributed by atoms with Gasteiger partial charge in [-0.3, -0.25) is 4.79 Å². The summed E-state index contributed by atoms with van der Waals surface area (Å²) in [4.78, 5) is 18.9. The second-order valence-corrected chi connectivity index (χ2v) is 4.61. The number of aliphatic carboxylic acids is 1. The smallest absolute Gasteiger partial charge is 0.305 e. The van der Waals surface area contributed by atoms with Crippen LogP contribution in [0.15, 0.2) is 12.4 Å². The van der Waals surface area contributed by atoms with Gasteiger partial charge < -0.3 is 10.4 Å². The minimum absolute atomic E-state index is 0.0632. The second-order valence-electron chi connectivity index (χ2n) is 4.61. The van der Waals surface area contributed by atoms with Gasteiger partial charge >= 0.3 is 5.97 Å². The molecule has 0 radical (unpaired) electrons. The van der Waals surface area contributed by atoms with Crippen molar-refractivity contribution in [2.75, 3.05) is 5.32 Å². The maximum Gasteiger partial charge on any atom is 0.305 e. The first-order valence-electron chi connectivity index (χ1n) is 5.95. The monoisotopic (exact) mass is 235 g/mol. The molecular formula is C12H17N3O2. The van der Waals surface area contributed by atoms with Crippen molar-refractivity contribution in [1.82, 2.24) is 9.97 Å². The van der Waals surface area contributed by atoms with Crippen molar-refractivity contribution in [1.29, 1.82) is 0 Å². The molecule has 17 heavy (non-hydrogen) atoms. The van der Waals surface area contributed by atoms with Gasteiger partial charge in [-0.15, -0.1) is 0 Å². The van der Waals surface area contributed by atoms with Crippen LogP contribution in [0.5, 0.6) is 0 Å². The third-order valence-electron chi connectivity index (χ3n) is 3.10. The molecule has 1 heterocycles. The minimum atomic E-state index is -0.823. The lowest BCUT2D eigenvalue weighted by atomic mass is 9.81. The normalized spacial score (nSPS) is 17.2. The maximum absolute atomic E-state index is 10.5. The number of nitrogens with zero attached hydrogens (tertiary/aromatic N) is 2. The molecule has 1 fully saturated rings. The van der Waals surface area contributed by atoms with Gasteiger partial charge in [0.2, 0.25) is 5.95 Å². The summed E-state index contributed by atoms with van der Waals surface area (Å²) in [5.74, 6) is 0.304. The Kier molecular flexibility index (Phi) is 3.56. The van der Waals surface area contributed by atoms with E-state index in [1.165, 1.54) is 24.8 Å². The number of carboxylic acids is 1. The van der Waals surface area contributed by atoms with Crippen molar-refractivity contribution in [2.24, 2.45) is 0 Å². The van der Waals surface area contributed by atoms with Gasteiger partial charge in [-0.05, 0) is 31.2 Å². The van der Waals surface area contributed by atoms with Crippen LogP contribution in [0.1, 0.15) is 44.1 Å². The highest BCUT2D eigenvalue weighted by atomic mass is 16.4. The second kappa shape index (κ2) is 5.12. The summed E-state index contributed by atoms with van der Waals surface area (Å²) in [5, 5.41) is 11.6. The van der Waals surface area contributed by atoms with E-state index in [4.69, 9.17) is 5.11 Å². The van der Waals surface area contributed by atoms with Crippen LogP contribution in [0.4, 0.5) is 5.95 Å². The number of aromatic nitrogens is 2. The average Bonchev–Trinajstić information content (AvgIpc) is 2.16. The quantitative estimate of drug-likeness (QED) is 0.816. The van der Waals surface area contributed by atoms with E-state index in [1.54, 1.807) is 6.92 Å². The fraction of sp³-hybridized carbons (Fsp3) is 0.583. The van der Waals surface area contributed by atoms with Crippen molar-refractivity contribution in [3.8, 4) is 0 Å². The Morgan fingerprint density at radius 1 is 1.53 bits per heavy atom. The van der Waals surface area contributed by atoms with Gasteiger partial charge in [0.15, 0.2) is 0 Å². The Morgan fingerprint density at radius 3 is 2.65 bits per heavy atom. The summed E-state index contributed by atoms with van der Waals surface area (Å²) in [7, 11) is 0. The van der Waals surface area contributed by atoms with Crippen LogP contribution in [0.25, 0.3) is 0 Å². The number of carbonyl (C=O) groups is 1. The summed E-state index contributed by atoms with van der Waals surface area (Å²) >= 11 is 0. The standard InChI is InChI=1S/C12H17N3O2/c1-8(5-11(16)17)15-12-13-6-10(7-14-12)9-3-2-4-9/h6-9H,2-5H2,1H3,(H,16,17)(H,13,14,15). The molecule has 0 bridgehead atoms. The largest absolute Gasteiger partial charge is 0.481 e. The van der Waals surface area contributed by atoms with Gasteiger partial charge in [-0.2, -0.15) is 0 Å². The lowest BCUT2D eigenvalue weighted by Gasteiger charge is -2.25. The Hall–Kier alpha value is -1.65. The number of rotatable bonds is 5. The number of nitrogens with one attached hydrogen (secondary N) is 1. The zero-order chi connectivity index (χ0) is 12.3. The maximum atomic E-state index is 10.5. The van der Waals surface area contributed by atoms with Gasteiger partial charge in [-0.25, -0.2) is 9.97 Å². The Bertz CT molecular complexity index is 387. The van der Waals surface area contributed by atoms with Gasteiger partial charge in [0.05, 0.1) is 6.42 Å². The Morgan fingerprint density at radius 2 is 2.18 bits per heavy atom. The summed E-state index contributed by atoms with van der Waals surface area (Å²) in [6, 6.07) is -0.165. The van der Waals surface area contributed by atoms with Crippen LogP contribution in [0.2, 0.25) is 0 Å². The molecule has 2 N–H and O–H groups in total. The lowest BCUT2D eigenvalue weighted by Crippen LogP contribution is -2.21. The number of anilines is 1. The molecule has 1 aromatic heterocycles. The predicted molar refractivity (Wildman–Crippen MR) is 64.0 cm³/mol. The first kappa shape index (κ1) is 11.8. The summed E-state index contributed by atoms with van der Waals surface area (Å²) in [6.07, 6.45) is 7.49. The van der Waals surface area contributed by atoms with E-state index in [-0.39, 0.29) is 12.5 Å². The van der Waals surface area contributed by atoms with Crippen LogP contribution in [0, 0.1) is 0 Å². The molecule has 0 amide bonds. The van der Waals surface area contributed by atoms with E-state index in [9.17, 15) is 4.79 Å². The van der Waals surface area contributed by atoms with Crippen LogP contribution < -0.4 is 5.32 Å². The van der Waals surface area contributed by atoms with Crippen LogP contribution in [0.3, 0.4) is 0 Å². The third-order valence-corrected chi connectivity index (χ3v) is 3.10. The number of carboxylic acid groups (broad SMARTS) is 1. The summed E-state index contributed by atoms with van der Waals surface area (Å²) in [5.41, 5.74) is 1.19. The molecule has 5 nitrogen and oxygen atoms in total. The van der Waals surface area contributed by atoms with E-state index < -0.39 is 5.97 Å². The van der Waals surface area contributed by atoms with Crippen molar-refractivity contribution in [3.63, 3.8) is 0 Å². The molecule has 0 spiro atoms. The SMILES string of the molecule is CC(CC(=O)O)Nc1ncc(C2CCC2)cn1. The highest BCUT2D eigenvalue weighted by Crippen LogP contribution is 2.35. The molecule has 0 aliphatic heterocycles. The fourth-order valence-electron chi connectivity index (χ4n) is 1.90. The van der Waals surface area contributed by atoms with Crippen molar-refractivity contribution >= 4 is 11.9 Å². The van der Waals surface area contributed by atoms with Crippen molar-refractivity contribution < 1.29 is 9.90 Å².